The highest BCUT2D eigenvalue weighted by Gasteiger charge is 2.22. The average molecular weight is 875 g/mol. The van der Waals surface area contributed by atoms with Crippen LogP contribution in [-0.2, 0) is 0 Å². The molecule has 64 heavy (non-hydrogen) atoms. The van der Waals surface area contributed by atoms with E-state index in [1.54, 1.807) is 11.8 Å². The van der Waals surface area contributed by atoms with Gasteiger partial charge < -0.3 is 18.6 Å². The van der Waals surface area contributed by atoms with Crippen molar-refractivity contribution in [3.63, 3.8) is 0 Å². The number of hydrogen-bond donors (Lipinski definition) is 0. The van der Waals surface area contributed by atoms with Gasteiger partial charge in [-0.1, -0.05) is 90.1 Å². The van der Waals surface area contributed by atoms with Gasteiger partial charge in [-0.15, -0.1) is 23.1 Å². The predicted molar refractivity (Wildman–Crippen MR) is 280 cm³/mol. The Kier molecular flexibility index (Phi) is 8.53. The molecule has 13 rings (SSSR count). The highest BCUT2D eigenvalue weighted by molar-refractivity contribution is 7.98. The fourth-order valence-corrected chi connectivity index (χ4v) is 11.5. The molecule has 0 saturated carbocycles. The molecule has 0 bridgehead atoms. The standard InChI is InChI=1S/C57H38N2O2S2Si/c1-62-42-24-20-38(21-25-42)58(50-12-6-10-46-44-8-2-4-14-52(44)60-56(46)50)40-18-16-34-32-54-48(30-36(34)28-40)49-31-37-29-41(19-17-35(37)33-55(49)63-54)59(39-22-26-43(64)27-23-39)51-13-7-11-47-45-9-3-5-15-53(45)61-57(47)51/h2-33H,1,64H3. The molecule has 4 nitrogen and oxygen atoms in total. The summed E-state index contributed by atoms with van der Waals surface area (Å²) in [5, 5.41) is 13.2. The minimum atomic E-state index is 0.875. The van der Waals surface area contributed by atoms with Crippen molar-refractivity contribution < 1.29 is 8.83 Å². The van der Waals surface area contributed by atoms with E-state index in [0.717, 1.165) is 88.2 Å². The molecule has 7 heteroatoms. The van der Waals surface area contributed by atoms with Crippen molar-refractivity contribution >= 4 is 158 Å². The number of rotatable bonds is 7. The Hall–Kier alpha value is -7.29. The van der Waals surface area contributed by atoms with Crippen molar-refractivity contribution in [2.24, 2.45) is 0 Å². The van der Waals surface area contributed by atoms with Gasteiger partial charge in [-0.25, -0.2) is 0 Å². The summed E-state index contributed by atoms with van der Waals surface area (Å²) < 4.78 is 15.8. The van der Waals surface area contributed by atoms with Gasteiger partial charge in [0, 0.05) is 79.6 Å². The van der Waals surface area contributed by atoms with Crippen molar-refractivity contribution in [2.45, 2.75) is 4.90 Å². The molecule has 0 saturated heterocycles. The van der Waals surface area contributed by atoms with Gasteiger partial charge in [0.25, 0.3) is 0 Å². The minimum Gasteiger partial charge on any atom is -0.454 e. The molecule has 0 radical (unpaired) electrons. The van der Waals surface area contributed by atoms with E-state index in [1.807, 2.05) is 23.5 Å². The Morgan fingerprint density at radius 1 is 0.406 bits per heavy atom. The number of furan rings is 2. The summed E-state index contributed by atoms with van der Waals surface area (Å²) in [6.07, 6.45) is 2.12. The zero-order valence-electron chi connectivity index (χ0n) is 35.0. The molecule has 0 fully saturated rings. The number of hydrogen-bond acceptors (Lipinski definition) is 6. The van der Waals surface area contributed by atoms with E-state index >= 15 is 0 Å². The van der Waals surface area contributed by atoms with Gasteiger partial charge in [0.2, 0.25) is 0 Å². The van der Waals surface area contributed by atoms with Crippen LogP contribution in [0, 0.1) is 0 Å². The van der Waals surface area contributed by atoms with E-state index in [2.05, 4.69) is 198 Å². The van der Waals surface area contributed by atoms with E-state index in [1.165, 1.54) is 51.8 Å². The van der Waals surface area contributed by atoms with Crippen molar-refractivity contribution in [3.05, 3.63) is 194 Å². The third-order valence-corrected chi connectivity index (χ3v) is 15.3. The van der Waals surface area contributed by atoms with Crippen LogP contribution in [-0.4, -0.2) is 16.5 Å². The lowest BCUT2D eigenvalue weighted by Gasteiger charge is -2.26. The number of anilines is 6. The SMILES string of the molecule is CSc1ccc(N(c2ccc3cc4sc5cc6ccc(N(c7ccc([SiH3])cc7)c7cccc8c7oc7ccccc78)cc6cc5c4cc3c2)c2cccc3c2oc2ccccc23)cc1. The van der Waals surface area contributed by atoms with Crippen LogP contribution < -0.4 is 15.0 Å². The molecule has 0 atom stereocenters. The second-order valence-corrected chi connectivity index (χ2v) is 19.7. The number of thioether (sulfide) groups is 1. The summed E-state index contributed by atoms with van der Waals surface area (Å²) in [6.45, 7) is 0. The number of nitrogens with zero attached hydrogens (tertiary/aromatic N) is 2. The highest BCUT2D eigenvalue weighted by atomic mass is 32.2. The van der Waals surface area contributed by atoms with Crippen LogP contribution >= 0.6 is 23.1 Å². The van der Waals surface area contributed by atoms with Crippen LogP contribution in [0.1, 0.15) is 0 Å². The molecule has 0 N–H and O–H groups in total. The fraction of sp³-hybridized carbons (Fsp3) is 0.0175. The number of benzene rings is 10. The second-order valence-electron chi connectivity index (χ2n) is 16.6. The zero-order valence-corrected chi connectivity index (χ0v) is 38.6. The Morgan fingerprint density at radius 3 is 1.36 bits per heavy atom. The molecule has 3 heterocycles. The Morgan fingerprint density at radius 2 is 0.859 bits per heavy atom. The maximum Gasteiger partial charge on any atom is 0.159 e. The maximum atomic E-state index is 6.63. The van der Waals surface area contributed by atoms with E-state index in [-0.39, 0.29) is 0 Å². The Balaban J connectivity index is 0.967. The first-order valence-corrected chi connectivity index (χ1v) is 24.5. The minimum absolute atomic E-state index is 0.875. The molecule has 304 valence electrons. The fourth-order valence-electron chi connectivity index (χ4n) is 9.61. The van der Waals surface area contributed by atoms with Gasteiger partial charge >= 0.3 is 0 Å². The monoisotopic (exact) mass is 874 g/mol. The van der Waals surface area contributed by atoms with Crippen LogP contribution in [0.4, 0.5) is 34.1 Å². The summed E-state index contributed by atoms with van der Waals surface area (Å²) >= 11 is 3.62. The predicted octanol–water partition coefficient (Wildman–Crippen LogP) is 15.8. The van der Waals surface area contributed by atoms with E-state index in [0.29, 0.717) is 0 Å². The van der Waals surface area contributed by atoms with Crippen molar-refractivity contribution in [1.29, 1.82) is 0 Å². The average Bonchev–Trinajstić information content (AvgIpc) is 4.02. The number of para-hydroxylation sites is 4. The lowest BCUT2D eigenvalue weighted by Crippen LogP contribution is -2.11. The number of thiophene rings is 1. The van der Waals surface area contributed by atoms with Crippen LogP contribution in [0.3, 0.4) is 0 Å². The summed E-state index contributed by atoms with van der Waals surface area (Å²) in [6, 6.07) is 70.6. The first kappa shape index (κ1) is 37.3. The molecule has 10 aromatic carbocycles. The lowest BCUT2D eigenvalue weighted by molar-refractivity contribution is 0.668. The molecule has 0 spiro atoms. The molecule has 13 aromatic rings. The molecule has 0 aliphatic heterocycles. The van der Waals surface area contributed by atoms with Gasteiger partial charge in [-0.3, -0.25) is 0 Å². The quantitative estimate of drug-likeness (QED) is 0.118. The van der Waals surface area contributed by atoms with Crippen molar-refractivity contribution in [2.75, 3.05) is 16.1 Å². The summed E-state index contributed by atoms with van der Waals surface area (Å²) in [5.41, 5.74) is 9.90. The molecule has 0 aliphatic carbocycles. The number of fused-ring (bicyclic) bond motifs is 11. The molecule has 0 amide bonds. The van der Waals surface area contributed by atoms with Gasteiger partial charge in [-0.05, 0) is 137 Å². The third kappa shape index (κ3) is 5.96. The van der Waals surface area contributed by atoms with E-state index in [4.69, 9.17) is 8.83 Å². The lowest BCUT2D eigenvalue weighted by atomic mass is 10.0. The van der Waals surface area contributed by atoms with Crippen LogP contribution in [0.25, 0.3) is 85.6 Å². The van der Waals surface area contributed by atoms with Crippen LogP contribution in [0.15, 0.2) is 208 Å². The Labute approximate surface area is 380 Å². The van der Waals surface area contributed by atoms with Crippen molar-refractivity contribution in [3.8, 4) is 0 Å². The van der Waals surface area contributed by atoms with Crippen LogP contribution in [0.5, 0.6) is 0 Å². The van der Waals surface area contributed by atoms with Gasteiger partial charge in [0.1, 0.15) is 11.2 Å². The smallest absolute Gasteiger partial charge is 0.159 e. The van der Waals surface area contributed by atoms with E-state index in [9.17, 15) is 0 Å². The van der Waals surface area contributed by atoms with Crippen LogP contribution in [0.2, 0.25) is 0 Å². The molecule has 3 aromatic heterocycles. The second kappa shape index (κ2) is 14.6. The van der Waals surface area contributed by atoms with Gasteiger partial charge in [0.05, 0.1) is 11.4 Å². The highest BCUT2D eigenvalue weighted by Crippen LogP contribution is 2.46. The molecule has 0 unspecified atom stereocenters. The van der Waals surface area contributed by atoms with Crippen molar-refractivity contribution in [1.82, 2.24) is 0 Å². The largest absolute Gasteiger partial charge is 0.454 e. The topological polar surface area (TPSA) is 32.8 Å². The zero-order chi connectivity index (χ0) is 42.5. The summed E-state index contributed by atoms with van der Waals surface area (Å²) in [4.78, 5) is 5.91. The van der Waals surface area contributed by atoms with E-state index < -0.39 is 0 Å². The molecular weight excluding hydrogens is 837 g/mol. The maximum absolute atomic E-state index is 6.63. The molecular formula is C57H38N2O2S2Si. The van der Waals surface area contributed by atoms with Gasteiger partial charge in [0.15, 0.2) is 11.2 Å². The van der Waals surface area contributed by atoms with Gasteiger partial charge in [-0.2, -0.15) is 0 Å². The molecule has 0 aliphatic rings. The third-order valence-electron chi connectivity index (χ3n) is 12.7. The summed E-state index contributed by atoms with van der Waals surface area (Å²) in [5.74, 6) is 0. The normalized spacial score (nSPS) is 12.0. The first-order valence-electron chi connectivity index (χ1n) is 21.5. The summed E-state index contributed by atoms with van der Waals surface area (Å²) in [7, 11) is 0.998. The Bertz CT molecular complexity index is 3980. The first-order chi connectivity index (χ1) is 31.5.